The fourth-order valence-electron chi connectivity index (χ4n) is 5.26. The minimum atomic E-state index is -0.958. The zero-order valence-electron chi connectivity index (χ0n) is 26.9. The van der Waals surface area contributed by atoms with Gasteiger partial charge in [-0.25, -0.2) is 9.18 Å². The summed E-state index contributed by atoms with van der Waals surface area (Å²) >= 11 is 0. The zero-order chi connectivity index (χ0) is 31.4. The van der Waals surface area contributed by atoms with E-state index in [0.29, 0.717) is 41.3 Å². The number of carbonyl (C=O) groups excluding carboxylic acids is 1. The first-order valence-corrected chi connectivity index (χ1v) is 15.2. The Hall–Kier alpha value is -3.52. The fraction of sp³-hybridized carbons (Fsp3) is 0.514. The molecule has 1 aliphatic rings. The summed E-state index contributed by atoms with van der Waals surface area (Å²) in [6.45, 7) is 18.0. The number of anilines is 1. The molecule has 2 aromatic heterocycles. The van der Waals surface area contributed by atoms with E-state index < -0.39 is 17.7 Å². The third-order valence-electron chi connectivity index (χ3n) is 7.63. The van der Waals surface area contributed by atoms with Crippen LogP contribution in [0.5, 0.6) is 5.75 Å². The molecule has 0 radical (unpaired) electrons. The summed E-state index contributed by atoms with van der Waals surface area (Å²) in [4.78, 5) is 25.4. The summed E-state index contributed by atoms with van der Waals surface area (Å²) in [5.41, 5.74) is 4.10. The second-order valence-corrected chi connectivity index (χ2v) is 13.3. The van der Waals surface area contributed by atoms with E-state index in [1.807, 2.05) is 65.9 Å². The Labute approximate surface area is 255 Å². The Kier molecular flexibility index (Phi) is 10.1. The molecule has 0 aliphatic carbocycles. The van der Waals surface area contributed by atoms with Crippen molar-refractivity contribution >= 4 is 11.7 Å². The molecule has 0 bridgehead atoms. The maximum absolute atomic E-state index is 14.0. The van der Waals surface area contributed by atoms with E-state index in [0.717, 1.165) is 37.2 Å². The molecule has 0 unspecified atom stereocenters. The molecular weight excluding hydrogens is 545 g/mol. The van der Waals surface area contributed by atoms with E-state index in [1.165, 1.54) is 6.07 Å². The van der Waals surface area contributed by atoms with E-state index in [2.05, 4.69) is 18.7 Å². The molecule has 1 saturated heterocycles. The van der Waals surface area contributed by atoms with Crippen molar-refractivity contribution in [3.05, 3.63) is 71.4 Å². The molecule has 3 aromatic rings. The highest BCUT2D eigenvalue weighted by Gasteiger charge is 2.37. The van der Waals surface area contributed by atoms with Gasteiger partial charge in [0.2, 0.25) is 0 Å². The predicted molar refractivity (Wildman–Crippen MR) is 168 cm³/mol. The number of esters is 1. The first-order valence-electron chi connectivity index (χ1n) is 15.2. The molecule has 4 rings (SSSR count). The average molecular weight is 592 g/mol. The number of nitrogens with zero attached hydrogens (tertiary/aromatic N) is 3. The molecule has 232 valence electrons. The highest BCUT2D eigenvalue weighted by atomic mass is 19.1. The van der Waals surface area contributed by atoms with Crippen molar-refractivity contribution in [1.29, 1.82) is 0 Å². The Balaban J connectivity index is 1.72. The van der Waals surface area contributed by atoms with Gasteiger partial charge >= 0.3 is 5.97 Å². The number of ether oxygens (including phenoxy) is 3. The molecule has 1 fully saturated rings. The van der Waals surface area contributed by atoms with Crippen molar-refractivity contribution in [2.45, 2.75) is 92.5 Å². The van der Waals surface area contributed by atoms with Gasteiger partial charge in [-0.2, -0.15) is 0 Å². The molecule has 1 aliphatic heterocycles. The van der Waals surface area contributed by atoms with Gasteiger partial charge in [0, 0.05) is 42.5 Å². The molecule has 8 heteroatoms. The van der Waals surface area contributed by atoms with Gasteiger partial charge in [-0.05, 0) is 83.6 Å². The van der Waals surface area contributed by atoms with Crippen LogP contribution in [0.15, 0.2) is 48.8 Å². The quantitative estimate of drug-likeness (QED) is 0.224. The van der Waals surface area contributed by atoms with E-state index in [-0.39, 0.29) is 17.3 Å². The molecule has 3 heterocycles. The van der Waals surface area contributed by atoms with Gasteiger partial charge in [-0.3, -0.25) is 9.97 Å². The number of halogens is 1. The summed E-state index contributed by atoms with van der Waals surface area (Å²) in [5, 5.41) is 0. The standard InChI is InChI=1S/C35H46FN3O4/c1-23(2)42-33(40)32(43-34(4,5)6)30-24(3)37-22-27(31(30)39-18-16-35(7,8)17-19-39)29-14-13-26(21-38-29)41-20-15-25-11-9-10-12-28(25)36/h9-14,21-23,32H,15-20H2,1-8H3/t32-/m0/s1. The van der Waals surface area contributed by atoms with Gasteiger partial charge in [-0.15, -0.1) is 0 Å². The SMILES string of the molecule is Cc1ncc(-c2ccc(OCCc3ccccc3F)cn2)c(N2CCC(C)(C)CC2)c1[C@H](OC(C)(C)C)C(=O)OC(C)C. The maximum Gasteiger partial charge on any atom is 0.340 e. The van der Waals surface area contributed by atoms with Crippen LogP contribution >= 0.6 is 0 Å². The molecule has 0 N–H and O–H groups in total. The number of benzene rings is 1. The average Bonchev–Trinajstić information content (AvgIpc) is 2.92. The largest absolute Gasteiger partial charge is 0.492 e. The number of pyridine rings is 2. The smallest absolute Gasteiger partial charge is 0.340 e. The Bertz CT molecular complexity index is 1390. The summed E-state index contributed by atoms with van der Waals surface area (Å²) < 4.78 is 32.0. The molecule has 0 spiro atoms. The lowest BCUT2D eigenvalue weighted by Gasteiger charge is -2.41. The number of aromatic nitrogens is 2. The van der Waals surface area contributed by atoms with E-state index >= 15 is 0 Å². The summed E-state index contributed by atoms with van der Waals surface area (Å²) in [5.74, 6) is -0.0740. The minimum absolute atomic E-state index is 0.233. The summed E-state index contributed by atoms with van der Waals surface area (Å²) in [6, 6.07) is 10.5. The van der Waals surface area contributed by atoms with E-state index in [4.69, 9.17) is 24.2 Å². The molecular formula is C35H46FN3O4. The summed E-state index contributed by atoms with van der Waals surface area (Å²) in [7, 11) is 0. The maximum atomic E-state index is 14.0. The van der Waals surface area contributed by atoms with Gasteiger partial charge in [-0.1, -0.05) is 32.0 Å². The fourth-order valence-corrected chi connectivity index (χ4v) is 5.26. The summed E-state index contributed by atoms with van der Waals surface area (Å²) in [6.07, 6.45) is 4.74. The topological polar surface area (TPSA) is 73.8 Å². The van der Waals surface area contributed by atoms with Gasteiger partial charge in [0.25, 0.3) is 0 Å². The number of piperidine rings is 1. The lowest BCUT2D eigenvalue weighted by atomic mass is 9.82. The number of hydrogen-bond acceptors (Lipinski definition) is 7. The Morgan fingerprint density at radius 1 is 1.05 bits per heavy atom. The Morgan fingerprint density at radius 2 is 1.74 bits per heavy atom. The highest BCUT2D eigenvalue weighted by molar-refractivity contribution is 5.86. The lowest BCUT2D eigenvalue weighted by Crippen LogP contribution is -2.39. The second kappa shape index (κ2) is 13.4. The third kappa shape index (κ3) is 8.53. The first kappa shape index (κ1) is 32.4. The van der Waals surface area contributed by atoms with Crippen molar-refractivity contribution in [2.24, 2.45) is 5.41 Å². The second-order valence-electron chi connectivity index (χ2n) is 13.3. The van der Waals surface area contributed by atoms with Crippen LogP contribution in [0.4, 0.5) is 10.1 Å². The van der Waals surface area contributed by atoms with Crippen LogP contribution in [-0.2, 0) is 20.7 Å². The Morgan fingerprint density at radius 3 is 2.35 bits per heavy atom. The van der Waals surface area contributed by atoms with Crippen LogP contribution in [0.1, 0.15) is 84.2 Å². The third-order valence-corrected chi connectivity index (χ3v) is 7.63. The zero-order valence-corrected chi connectivity index (χ0v) is 26.9. The van der Waals surface area contributed by atoms with Crippen LogP contribution in [0.2, 0.25) is 0 Å². The van der Waals surface area contributed by atoms with Crippen molar-refractivity contribution in [3.63, 3.8) is 0 Å². The highest BCUT2D eigenvalue weighted by Crippen LogP contribution is 2.43. The molecule has 1 atom stereocenters. The van der Waals surface area contributed by atoms with Gasteiger partial charge in [0.1, 0.15) is 11.6 Å². The first-order chi connectivity index (χ1) is 20.2. The normalized spacial score (nSPS) is 15.8. The predicted octanol–water partition coefficient (Wildman–Crippen LogP) is 7.65. The number of hydrogen-bond donors (Lipinski definition) is 0. The van der Waals surface area contributed by atoms with E-state index in [1.54, 1.807) is 18.3 Å². The van der Waals surface area contributed by atoms with Crippen molar-refractivity contribution in [3.8, 4) is 17.0 Å². The van der Waals surface area contributed by atoms with Crippen molar-refractivity contribution < 1.29 is 23.4 Å². The molecule has 43 heavy (non-hydrogen) atoms. The molecule has 0 saturated carbocycles. The minimum Gasteiger partial charge on any atom is -0.492 e. The van der Waals surface area contributed by atoms with Gasteiger partial charge < -0.3 is 19.1 Å². The monoisotopic (exact) mass is 591 g/mol. The van der Waals surface area contributed by atoms with Crippen LogP contribution in [0.25, 0.3) is 11.3 Å². The van der Waals surface area contributed by atoms with Gasteiger partial charge in [0.15, 0.2) is 6.10 Å². The van der Waals surface area contributed by atoms with Crippen LogP contribution in [-0.4, -0.2) is 47.3 Å². The van der Waals surface area contributed by atoms with Crippen molar-refractivity contribution in [2.75, 3.05) is 24.6 Å². The van der Waals surface area contributed by atoms with Crippen LogP contribution in [0, 0.1) is 18.2 Å². The molecule has 1 aromatic carbocycles. The van der Waals surface area contributed by atoms with E-state index in [9.17, 15) is 9.18 Å². The van der Waals surface area contributed by atoms with Crippen LogP contribution < -0.4 is 9.64 Å². The lowest BCUT2D eigenvalue weighted by molar-refractivity contribution is -0.171. The molecule has 7 nitrogen and oxygen atoms in total. The van der Waals surface area contributed by atoms with Crippen molar-refractivity contribution in [1.82, 2.24) is 9.97 Å². The molecule has 0 amide bonds. The number of aryl methyl sites for hydroxylation is 1. The van der Waals surface area contributed by atoms with Gasteiger partial charge in [0.05, 0.1) is 35.9 Å². The number of carbonyl (C=O) groups is 1. The van der Waals surface area contributed by atoms with Crippen LogP contribution in [0.3, 0.4) is 0 Å². The number of rotatable bonds is 10.